The summed E-state index contributed by atoms with van der Waals surface area (Å²) in [4.78, 5) is 28.9. The van der Waals surface area contributed by atoms with Gasteiger partial charge in [-0.15, -0.1) is 0 Å². The highest BCUT2D eigenvalue weighted by Crippen LogP contribution is 2.20. The van der Waals surface area contributed by atoms with Gasteiger partial charge < -0.3 is 9.74 Å². The third-order valence-corrected chi connectivity index (χ3v) is 3.42. The molecule has 0 radical (unpaired) electrons. The smallest absolute Gasteiger partial charge is 0.272 e. The molecule has 0 fully saturated rings. The summed E-state index contributed by atoms with van der Waals surface area (Å²) >= 11 is 0. The first kappa shape index (κ1) is 22.9. The molecule has 0 aliphatic carbocycles. The van der Waals surface area contributed by atoms with Crippen LogP contribution in [0.25, 0.3) is 0 Å². The van der Waals surface area contributed by atoms with E-state index in [2.05, 4.69) is 34.1 Å². The molecule has 0 saturated carbocycles. The fourth-order valence-corrected chi connectivity index (χ4v) is 2.09. The largest absolute Gasteiger partial charge is 0.399 e. The second-order valence-electron chi connectivity index (χ2n) is 5.75. The molecule has 0 aliphatic rings. The number of carbonyl (C=O) groups excluding carboxylic acids is 1. The van der Waals surface area contributed by atoms with Crippen molar-refractivity contribution in [2.75, 3.05) is 25.7 Å². The molecule has 2 N–H and O–H groups in total. The van der Waals surface area contributed by atoms with Gasteiger partial charge >= 0.3 is 0 Å². The number of oxime groups is 1. The standard InChI is InChI=1S/C20H28N4O4/c1-7-27-23-18(12-15(2)3)16(4)22-28-14-17-10-8-9-11-19(17)24(5)20(25)13-21-26-6/h8-13,22-23H,2,4,7,14H2,1,3,5-6H3. The molecule has 8 nitrogen and oxygen atoms in total. The molecule has 0 saturated heterocycles. The average Bonchev–Trinajstić information content (AvgIpc) is 2.68. The molecule has 0 unspecified atom stereocenters. The van der Waals surface area contributed by atoms with E-state index in [1.807, 2.05) is 38.1 Å². The van der Waals surface area contributed by atoms with Gasteiger partial charge in [-0.25, -0.2) is 0 Å². The van der Waals surface area contributed by atoms with Crippen LogP contribution in [-0.2, 0) is 25.9 Å². The first-order chi connectivity index (χ1) is 13.4. The lowest BCUT2D eigenvalue weighted by molar-refractivity contribution is -0.112. The summed E-state index contributed by atoms with van der Waals surface area (Å²) in [6.07, 6.45) is 2.88. The van der Waals surface area contributed by atoms with Gasteiger partial charge in [0.05, 0.1) is 18.0 Å². The van der Waals surface area contributed by atoms with E-state index in [1.54, 1.807) is 13.1 Å². The maximum atomic E-state index is 12.1. The number of carbonyl (C=O) groups is 1. The number of hydroxylamine groups is 2. The van der Waals surface area contributed by atoms with E-state index >= 15 is 0 Å². The number of nitrogens with one attached hydrogen (secondary N) is 2. The van der Waals surface area contributed by atoms with E-state index < -0.39 is 0 Å². The van der Waals surface area contributed by atoms with Gasteiger partial charge in [0.15, 0.2) is 0 Å². The summed E-state index contributed by atoms with van der Waals surface area (Å²) in [5.74, 6) is -0.320. The topological polar surface area (TPSA) is 84.4 Å². The van der Waals surface area contributed by atoms with Crippen LogP contribution in [0, 0.1) is 0 Å². The van der Waals surface area contributed by atoms with Crippen LogP contribution in [0.2, 0.25) is 0 Å². The molecule has 152 valence electrons. The maximum Gasteiger partial charge on any atom is 0.272 e. The quantitative estimate of drug-likeness (QED) is 0.325. The zero-order valence-electron chi connectivity index (χ0n) is 16.8. The van der Waals surface area contributed by atoms with Crippen LogP contribution in [0.1, 0.15) is 19.4 Å². The highest BCUT2D eigenvalue weighted by Gasteiger charge is 2.13. The molecule has 1 rings (SSSR count). The lowest BCUT2D eigenvalue weighted by atomic mass is 10.1. The van der Waals surface area contributed by atoms with Crippen molar-refractivity contribution >= 4 is 17.8 Å². The minimum Gasteiger partial charge on any atom is -0.399 e. The van der Waals surface area contributed by atoms with Crippen molar-refractivity contribution in [1.82, 2.24) is 11.0 Å². The van der Waals surface area contributed by atoms with Gasteiger partial charge in [-0.1, -0.05) is 42.1 Å². The van der Waals surface area contributed by atoms with E-state index in [-0.39, 0.29) is 12.5 Å². The molecule has 28 heavy (non-hydrogen) atoms. The Hall–Kier alpha value is -3.10. The molecular weight excluding hydrogens is 360 g/mol. The number of hydrogen-bond donors (Lipinski definition) is 2. The number of amides is 1. The summed E-state index contributed by atoms with van der Waals surface area (Å²) in [5.41, 5.74) is 8.96. The number of rotatable bonds is 12. The normalized spacial score (nSPS) is 11.2. The fourth-order valence-electron chi connectivity index (χ4n) is 2.09. The number of hydrogen-bond acceptors (Lipinski definition) is 7. The van der Waals surface area contributed by atoms with Gasteiger partial charge in [0.1, 0.15) is 19.9 Å². The summed E-state index contributed by atoms with van der Waals surface area (Å²) in [7, 11) is 3.02. The van der Waals surface area contributed by atoms with Crippen LogP contribution >= 0.6 is 0 Å². The van der Waals surface area contributed by atoms with Crippen LogP contribution in [0.3, 0.4) is 0 Å². The molecule has 0 atom stereocenters. The molecule has 0 aromatic heterocycles. The number of para-hydroxylation sites is 1. The molecule has 0 heterocycles. The van der Waals surface area contributed by atoms with E-state index in [0.717, 1.165) is 17.4 Å². The zero-order valence-corrected chi connectivity index (χ0v) is 16.8. The summed E-state index contributed by atoms with van der Waals surface area (Å²) in [6.45, 7) is 12.2. The minimum atomic E-state index is -0.320. The molecule has 0 spiro atoms. The minimum absolute atomic E-state index is 0.198. The van der Waals surface area contributed by atoms with Crippen LogP contribution in [0.15, 0.2) is 65.6 Å². The summed E-state index contributed by atoms with van der Waals surface area (Å²) in [5, 5.41) is 3.50. The summed E-state index contributed by atoms with van der Waals surface area (Å²) < 4.78 is 0. The Morgan fingerprint density at radius 2 is 1.96 bits per heavy atom. The lowest BCUT2D eigenvalue weighted by Crippen LogP contribution is -2.28. The van der Waals surface area contributed by atoms with Crippen LogP contribution < -0.4 is 15.9 Å². The van der Waals surface area contributed by atoms with Crippen molar-refractivity contribution in [3.8, 4) is 0 Å². The zero-order chi connectivity index (χ0) is 20.9. The van der Waals surface area contributed by atoms with Crippen molar-refractivity contribution in [2.24, 2.45) is 5.16 Å². The molecule has 0 bridgehead atoms. The van der Waals surface area contributed by atoms with Gasteiger partial charge in [0.25, 0.3) is 5.91 Å². The second kappa shape index (κ2) is 12.3. The Morgan fingerprint density at radius 3 is 2.61 bits per heavy atom. The van der Waals surface area contributed by atoms with E-state index in [4.69, 9.17) is 9.68 Å². The van der Waals surface area contributed by atoms with Gasteiger partial charge in [-0.3, -0.25) is 25.4 Å². The number of allylic oxidation sites excluding steroid dienone is 2. The Labute approximate surface area is 166 Å². The SMILES string of the molecule is C=C(C)C=C(NOCC)C(=C)NOCc1ccccc1N(C)C(=O)C=NOC. The van der Waals surface area contributed by atoms with Crippen molar-refractivity contribution in [3.63, 3.8) is 0 Å². The average molecular weight is 388 g/mol. The lowest BCUT2D eigenvalue weighted by Gasteiger charge is -2.20. The Balaban J connectivity index is 2.77. The molecular formula is C20H28N4O4. The predicted octanol–water partition coefficient (Wildman–Crippen LogP) is 2.82. The molecule has 1 aromatic rings. The second-order valence-corrected chi connectivity index (χ2v) is 5.75. The van der Waals surface area contributed by atoms with Gasteiger partial charge in [0, 0.05) is 18.3 Å². The van der Waals surface area contributed by atoms with Crippen LogP contribution in [0.4, 0.5) is 5.69 Å². The molecule has 1 aromatic carbocycles. The Kier molecular flexibility index (Phi) is 10.1. The Bertz CT molecular complexity index is 743. The molecule has 8 heteroatoms. The molecule has 0 aliphatic heterocycles. The van der Waals surface area contributed by atoms with Gasteiger partial charge in [-0.05, 0) is 26.0 Å². The third-order valence-electron chi connectivity index (χ3n) is 3.42. The first-order valence-corrected chi connectivity index (χ1v) is 8.64. The summed E-state index contributed by atoms with van der Waals surface area (Å²) in [6, 6.07) is 7.37. The maximum absolute atomic E-state index is 12.1. The van der Waals surface area contributed by atoms with Crippen molar-refractivity contribution in [3.05, 3.63) is 66.0 Å². The highest BCUT2D eigenvalue weighted by molar-refractivity contribution is 6.32. The van der Waals surface area contributed by atoms with Gasteiger partial charge in [-0.2, -0.15) is 0 Å². The Morgan fingerprint density at radius 1 is 1.25 bits per heavy atom. The highest BCUT2D eigenvalue weighted by atomic mass is 16.7. The third kappa shape index (κ3) is 7.65. The van der Waals surface area contributed by atoms with Crippen molar-refractivity contribution in [1.29, 1.82) is 0 Å². The number of nitrogens with zero attached hydrogens (tertiary/aromatic N) is 2. The van der Waals surface area contributed by atoms with Crippen molar-refractivity contribution < 1.29 is 19.3 Å². The van der Waals surface area contributed by atoms with E-state index in [1.165, 1.54) is 12.0 Å². The van der Waals surface area contributed by atoms with Crippen molar-refractivity contribution in [2.45, 2.75) is 20.5 Å². The van der Waals surface area contributed by atoms with Crippen LogP contribution in [0.5, 0.6) is 0 Å². The van der Waals surface area contributed by atoms with E-state index in [0.29, 0.717) is 23.7 Å². The number of benzene rings is 1. The number of anilines is 1. The first-order valence-electron chi connectivity index (χ1n) is 8.64. The van der Waals surface area contributed by atoms with E-state index in [9.17, 15) is 4.79 Å². The van der Waals surface area contributed by atoms with Gasteiger partial charge in [0.2, 0.25) is 0 Å². The van der Waals surface area contributed by atoms with Crippen LogP contribution in [-0.4, -0.2) is 32.9 Å². The predicted molar refractivity (Wildman–Crippen MR) is 110 cm³/mol. The molecule has 1 amide bonds. The fraction of sp³-hybridized carbons (Fsp3) is 0.300. The monoisotopic (exact) mass is 388 g/mol.